The van der Waals surface area contributed by atoms with Crippen LogP contribution in [0, 0.1) is 13.8 Å². The summed E-state index contributed by atoms with van der Waals surface area (Å²) >= 11 is 0. The van der Waals surface area contributed by atoms with Crippen molar-refractivity contribution in [1.29, 1.82) is 0 Å². The fourth-order valence-corrected chi connectivity index (χ4v) is 3.53. The normalized spacial score (nSPS) is 11.1. The van der Waals surface area contributed by atoms with Gasteiger partial charge in [-0.15, -0.1) is 0 Å². The molecule has 4 rings (SSSR count). The van der Waals surface area contributed by atoms with Gasteiger partial charge in [0, 0.05) is 36.4 Å². The predicted molar refractivity (Wildman–Crippen MR) is 112 cm³/mol. The smallest absolute Gasteiger partial charge is 0.242 e. The highest BCUT2D eigenvalue weighted by Crippen LogP contribution is 2.29. The van der Waals surface area contributed by atoms with Gasteiger partial charge in [-0.05, 0) is 38.0 Å². The van der Waals surface area contributed by atoms with Gasteiger partial charge >= 0.3 is 0 Å². The minimum absolute atomic E-state index is 0.107. The highest BCUT2D eigenvalue weighted by Gasteiger charge is 2.16. The number of aromatic nitrogens is 5. The number of fused-ring (bicyclic) bond motifs is 1. The maximum atomic E-state index is 12.6. The molecule has 0 bridgehead atoms. The van der Waals surface area contributed by atoms with Crippen molar-refractivity contribution in [2.45, 2.75) is 40.4 Å². The van der Waals surface area contributed by atoms with Crippen molar-refractivity contribution >= 4 is 16.9 Å². The molecule has 0 fully saturated rings. The number of carbonyl (C=O) groups excluding carboxylic acids is 1. The third-order valence-corrected chi connectivity index (χ3v) is 5.03. The van der Waals surface area contributed by atoms with Crippen LogP contribution in [0.1, 0.15) is 23.9 Å². The van der Waals surface area contributed by atoms with Crippen molar-refractivity contribution in [3.63, 3.8) is 0 Å². The molecule has 0 spiro atoms. The third-order valence-electron chi connectivity index (χ3n) is 5.03. The molecule has 0 atom stereocenters. The van der Waals surface area contributed by atoms with Crippen LogP contribution in [0.2, 0.25) is 0 Å². The summed E-state index contributed by atoms with van der Waals surface area (Å²) in [6, 6.07) is 12.1. The monoisotopic (exact) mass is 388 g/mol. The Labute approximate surface area is 169 Å². The van der Waals surface area contributed by atoms with Gasteiger partial charge in [0.15, 0.2) is 5.65 Å². The summed E-state index contributed by atoms with van der Waals surface area (Å²) in [5.41, 5.74) is 5.71. The first-order valence-corrected chi connectivity index (χ1v) is 9.74. The van der Waals surface area contributed by atoms with E-state index in [4.69, 9.17) is 0 Å². The average molecular weight is 388 g/mol. The van der Waals surface area contributed by atoms with Gasteiger partial charge in [-0.2, -0.15) is 10.2 Å². The molecule has 0 aliphatic carbocycles. The van der Waals surface area contributed by atoms with Crippen molar-refractivity contribution in [3.05, 3.63) is 65.7 Å². The molecule has 3 aromatic heterocycles. The van der Waals surface area contributed by atoms with Gasteiger partial charge in [0.2, 0.25) is 5.91 Å². The van der Waals surface area contributed by atoms with Crippen LogP contribution in [0.3, 0.4) is 0 Å². The van der Waals surface area contributed by atoms with Gasteiger partial charge in [0.05, 0.1) is 11.4 Å². The highest BCUT2D eigenvalue weighted by atomic mass is 16.2. The second-order valence-electron chi connectivity index (χ2n) is 7.04. The van der Waals surface area contributed by atoms with Crippen molar-refractivity contribution < 1.29 is 4.79 Å². The lowest BCUT2D eigenvalue weighted by Crippen LogP contribution is -2.27. The van der Waals surface area contributed by atoms with Crippen LogP contribution in [-0.2, 0) is 24.4 Å². The molecule has 3 heterocycles. The molecule has 29 heavy (non-hydrogen) atoms. The van der Waals surface area contributed by atoms with E-state index in [0.717, 1.165) is 40.0 Å². The largest absolute Gasteiger partial charge is 0.350 e. The lowest BCUT2D eigenvalue weighted by Gasteiger charge is -2.06. The maximum Gasteiger partial charge on any atom is 0.242 e. The second-order valence-corrected chi connectivity index (χ2v) is 7.04. The Kier molecular flexibility index (Phi) is 5.12. The van der Waals surface area contributed by atoms with E-state index in [1.54, 1.807) is 10.9 Å². The third kappa shape index (κ3) is 3.76. The van der Waals surface area contributed by atoms with E-state index in [9.17, 15) is 4.79 Å². The fraction of sp³-hybridized carbons (Fsp3) is 0.273. The van der Waals surface area contributed by atoms with Crippen LogP contribution >= 0.6 is 0 Å². The number of hydrogen-bond donors (Lipinski definition) is 1. The molecule has 0 aliphatic heterocycles. The van der Waals surface area contributed by atoms with Crippen LogP contribution < -0.4 is 5.32 Å². The van der Waals surface area contributed by atoms with Gasteiger partial charge in [0.1, 0.15) is 6.54 Å². The van der Waals surface area contributed by atoms with Crippen LogP contribution in [0.25, 0.3) is 22.2 Å². The number of rotatable bonds is 6. The molecule has 0 unspecified atom stereocenters. The van der Waals surface area contributed by atoms with Gasteiger partial charge in [-0.25, -0.2) is 9.67 Å². The summed E-state index contributed by atoms with van der Waals surface area (Å²) < 4.78 is 3.55. The van der Waals surface area contributed by atoms with Crippen molar-refractivity contribution in [1.82, 2.24) is 29.9 Å². The molecule has 0 radical (unpaired) electrons. The van der Waals surface area contributed by atoms with Crippen molar-refractivity contribution in [2.24, 2.45) is 0 Å². The van der Waals surface area contributed by atoms with Crippen LogP contribution in [0.4, 0.5) is 0 Å². The SMILES string of the molecule is CCn1cc(CNC(=O)Cn2nc(C)c3c(-c4ccccc4)ccnc32)c(C)n1. The Bertz CT molecular complexity index is 1160. The van der Waals surface area contributed by atoms with Crippen LogP contribution in [0.15, 0.2) is 48.8 Å². The van der Waals surface area contributed by atoms with Gasteiger partial charge in [0.25, 0.3) is 0 Å². The summed E-state index contributed by atoms with van der Waals surface area (Å²) in [6.07, 6.45) is 3.74. The van der Waals surface area contributed by atoms with E-state index in [0.29, 0.717) is 12.2 Å². The number of aryl methyl sites for hydroxylation is 3. The van der Waals surface area contributed by atoms with Crippen molar-refractivity contribution in [2.75, 3.05) is 0 Å². The van der Waals surface area contributed by atoms with E-state index in [-0.39, 0.29) is 12.5 Å². The number of pyridine rings is 1. The van der Waals surface area contributed by atoms with Gasteiger partial charge in [-0.3, -0.25) is 9.48 Å². The van der Waals surface area contributed by atoms with E-state index in [2.05, 4.69) is 32.6 Å². The van der Waals surface area contributed by atoms with E-state index >= 15 is 0 Å². The molecular weight excluding hydrogens is 364 g/mol. The minimum atomic E-state index is -0.107. The number of nitrogens with zero attached hydrogens (tertiary/aromatic N) is 5. The zero-order valence-electron chi connectivity index (χ0n) is 16.9. The molecule has 7 nitrogen and oxygen atoms in total. The number of carbonyl (C=O) groups is 1. The molecule has 148 valence electrons. The molecule has 0 saturated heterocycles. The maximum absolute atomic E-state index is 12.6. The molecule has 7 heteroatoms. The van der Waals surface area contributed by atoms with Gasteiger partial charge < -0.3 is 5.32 Å². The zero-order valence-corrected chi connectivity index (χ0v) is 16.9. The summed E-state index contributed by atoms with van der Waals surface area (Å²) in [7, 11) is 0. The molecule has 4 aromatic rings. The van der Waals surface area contributed by atoms with E-state index in [1.807, 2.05) is 55.9 Å². The molecular formula is C22H24N6O. The zero-order chi connectivity index (χ0) is 20.4. The molecule has 1 N–H and O–H groups in total. The second kappa shape index (κ2) is 7.87. The standard InChI is InChI=1S/C22H24N6O/c1-4-27-13-18(15(2)25-27)12-24-20(29)14-28-22-21(16(3)26-28)19(10-11-23-22)17-8-6-5-7-9-17/h5-11,13H,4,12,14H2,1-3H3,(H,24,29). The minimum Gasteiger partial charge on any atom is -0.350 e. The Morgan fingerprint density at radius 1 is 1.07 bits per heavy atom. The number of benzene rings is 1. The lowest BCUT2D eigenvalue weighted by molar-refractivity contribution is -0.121. The first-order valence-electron chi connectivity index (χ1n) is 9.74. The first kappa shape index (κ1) is 18.9. The number of nitrogens with one attached hydrogen (secondary N) is 1. The lowest BCUT2D eigenvalue weighted by atomic mass is 10.0. The number of amides is 1. The van der Waals surface area contributed by atoms with Gasteiger partial charge in [-0.1, -0.05) is 30.3 Å². The predicted octanol–water partition coefficient (Wildman–Crippen LogP) is 3.25. The molecule has 0 saturated carbocycles. The Balaban J connectivity index is 1.55. The highest BCUT2D eigenvalue weighted by molar-refractivity contribution is 5.95. The first-order chi connectivity index (χ1) is 14.1. The molecule has 1 aromatic carbocycles. The molecule has 1 amide bonds. The van der Waals surface area contributed by atoms with Crippen LogP contribution in [0.5, 0.6) is 0 Å². The summed E-state index contributed by atoms with van der Waals surface area (Å²) in [5, 5.41) is 12.9. The summed E-state index contributed by atoms with van der Waals surface area (Å²) in [6.45, 7) is 7.32. The topological polar surface area (TPSA) is 77.6 Å². The van der Waals surface area contributed by atoms with Crippen molar-refractivity contribution in [3.8, 4) is 11.1 Å². The Morgan fingerprint density at radius 3 is 2.59 bits per heavy atom. The Morgan fingerprint density at radius 2 is 1.86 bits per heavy atom. The molecule has 0 aliphatic rings. The Hall–Kier alpha value is -3.48. The quantitative estimate of drug-likeness (QED) is 0.550. The fourth-order valence-electron chi connectivity index (χ4n) is 3.53. The number of hydrogen-bond acceptors (Lipinski definition) is 4. The summed E-state index contributed by atoms with van der Waals surface area (Å²) in [4.78, 5) is 17.0. The average Bonchev–Trinajstić information content (AvgIpc) is 3.26. The van der Waals surface area contributed by atoms with Crippen LogP contribution in [-0.4, -0.2) is 30.5 Å². The van der Waals surface area contributed by atoms with E-state index < -0.39 is 0 Å². The van der Waals surface area contributed by atoms with E-state index in [1.165, 1.54) is 0 Å². The summed E-state index contributed by atoms with van der Waals surface area (Å²) in [5.74, 6) is -0.107.